The van der Waals surface area contributed by atoms with Crippen LogP contribution in [0.1, 0.15) is 0 Å². The van der Waals surface area contributed by atoms with Gasteiger partial charge in [-0.1, -0.05) is 66.7 Å². The van der Waals surface area contributed by atoms with Crippen molar-refractivity contribution >= 4 is 34.0 Å². The van der Waals surface area contributed by atoms with Gasteiger partial charge in [0.05, 0.1) is 0 Å². The van der Waals surface area contributed by atoms with Crippen LogP contribution in [-0.4, -0.2) is 15.0 Å². The SMILES string of the molecule is Clc1nc(Cl)nc(-c2cccc3c(-c4ccccc4)cccc23)n1. The lowest BCUT2D eigenvalue weighted by Crippen LogP contribution is -1.94. The lowest BCUT2D eigenvalue weighted by Gasteiger charge is -2.10. The van der Waals surface area contributed by atoms with Crippen LogP contribution in [-0.2, 0) is 0 Å². The molecule has 3 aromatic carbocycles. The fourth-order valence-electron chi connectivity index (χ4n) is 2.82. The molecule has 5 heteroatoms. The average Bonchev–Trinajstić information content (AvgIpc) is 2.60. The van der Waals surface area contributed by atoms with E-state index < -0.39 is 0 Å². The van der Waals surface area contributed by atoms with Gasteiger partial charge in [0.15, 0.2) is 5.82 Å². The minimum Gasteiger partial charge on any atom is -0.198 e. The molecular weight excluding hydrogens is 341 g/mol. The van der Waals surface area contributed by atoms with E-state index in [9.17, 15) is 0 Å². The summed E-state index contributed by atoms with van der Waals surface area (Å²) in [6, 6.07) is 22.5. The fourth-order valence-corrected chi connectivity index (χ4v) is 3.18. The summed E-state index contributed by atoms with van der Waals surface area (Å²) in [4.78, 5) is 12.2. The van der Waals surface area contributed by atoms with Gasteiger partial charge in [0.2, 0.25) is 10.6 Å². The van der Waals surface area contributed by atoms with Crippen molar-refractivity contribution < 1.29 is 0 Å². The zero-order valence-corrected chi connectivity index (χ0v) is 14.0. The van der Waals surface area contributed by atoms with Gasteiger partial charge in [-0.05, 0) is 45.1 Å². The number of rotatable bonds is 2. The topological polar surface area (TPSA) is 38.7 Å². The molecule has 0 amide bonds. The number of fused-ring (bicyclic) bond motifs is 1. The lowest BCUT2D eigenvalue weighted by molar-refractivity contribution is 1.06. The summed E-state index contributed by atoms with van der Waals surface area (Å²) in [6.07, 6.45) is 0. The summed E-state index contributed by atoms with van der Waals surface area (Å²) >= 11 is 11.9. The standard InChI is InChI=1S/C19H11Cl2N3/c20-18-22-17(23-19(21)24-18)16-11-5-9-14-13(8-4-10-15(14)16)12-6-2-1-3-7-12/h1-11H. The number of hydrogen-bond acceptors (Lipinski definition) is 3. The lowest BCUT2D eigenvalue weighted by atomic mass is 9.95. The molecule has 24 heavy (non-hydrogen) atoms. The molecule has 0 unspecified atom stereocenters. The van der Waals surface area contributed by atoms with Gasteiger partial charge in [-0.25, -0.2) is 0 Å². The van der Waals surface area contributed by atoms with Gasteiger partial charge < -0.3 is 0 Å². The van der Waals surface area contributed by atoms with Gasteiger partial charge in [-0.3, -0.25) is 0 Å². The molecule has 1 aromatic heterocycles. The zero-order valence-electron chi connectivity index (χ0n) is 12.4. The Kier molecular flexibility index (Phi) is 3.89. The first-order valence-electron chi connectivity index (χ1n) is 7.37. The van der Waals surface area contributed by atoms with E-state index in [1.54, 1.807) is 0 Å². The van der Waals surface area contributed by atoms with Crippen molar-refractivity contribution in [2.45, 2.75) is 0 Å². The highest BCUT2D eigenvalue weighted by Gasteiger charge is 2.12. The Morgan fingerprint density at radius 3 is 1.79 bits per heavy atom. The van der Waals surface area contributed by atoms with Crippen molar-refractivity contribution in [3.63, 3.8) is 0 Å². The molecule has 0 fully saturated rings. The summed E-state index contributed by atoms with van der Waals surface area (Å²) in [5.41, 5.74) is 3.18. The molecule has 0 radical (unpaired) electrons. The molecule has 4 aromatic rings. The van der Waals surface area contributed by atoms with Gasteiger partial charge >= 0.3 is 0 Å². The predicted octanol–water partition coefficient (Wildman–Crippen LogP) is 5.67. The van der Waals surface area contributed by atoms with Crippen LogP contribution in [0.3, 0.4) is 0 Å². The van der Waals surface area contributed by atoms with Crippen LogP contribution in [0.15, 0.2) is 66.7 Å². The smallest absolute Gasteiger partial charge is 0.198 e. The third-order valence-electron chi connectivity index (χ3n) is 3.83. The monoisotopic (exact) mass is 351 g/mol. The summed E-state index contributed by atoms with van der Waals surface area (Å²) in [6.45, 7) is 0. The van der Waals surface area contributed by atoms with Gasteiger partial charge in [0.25, 0.3) is 0 Å². The highest BCUT2D eigenvalue weighted by molar-refractivity contribution is 6.31. The van der Waals surface area contributed by atoms with E-state index in [1.807, 2.05) is 42.5 Å². The van der Waals surface area contributed by atoms with Crippen molar-refractivity contribution in [2.24, 2.45) is 0 Å². The number of hydrogen-bond donors (Lipinski definition) is 0. The predicted molar refractivity (Wildman–Crippen MR) is 98.2 cm³/mol. The molecule has 0 aliphatic carbocycles. The van der Waals surface area contributed by atoms with Crippen LogP contribution in [0.4, 0.5) is 0 Å². The van der Waals surface area contributed by atoms with Gasteiger partial charge in [-0.15, -0.1) is 0 Å². The summed E-state index contributed by atoms with van der Waals surface area (Å²) in [5.74, 6) is 0.468. The van der Waals surface area contributed by atoms with Gasteiger partial charge in [-0.2, -0.15) is 15.0 Å². The Balaban J connectivity index is 1.99. The van der Waals surface area contributed by atoms with Crippen molar-refractivity contribution in [3.8, 4) is 22.5 Å². The second-order valence-electron chi connectivity index (χ2n) is 5.27. The molecular formula is C19H11Cl2N3. The molecule has 0 aliphatic rings. The van der Waals surface area contributed by atoms with Crippen LogP contribution in [0, 0.1) is 0 Å². The van der Waals surface area contributed by atoms with Crippen LogP contribution >= 0.6 is 23.2 Å². The molecule has 4 rings (SSSR count). The maximum Gasteiger partial charge on any atom is 0.227 e. The summed E-state index contributed by atoms with van der Waals surface area (Å²) < 4.78 is 0. The van der Waals surface area contributed by atoms with E-state index in [0.29, 0.717) is 5.82 Å². The van der Waals surface area contributed by atoms with E-state index in [4.69, 9.17) is 23.2 Å². The molecule has 0 aliphatic heterocycles. The molecule has 0 spiro atoms. The van der Waals surface area contributed by atoms with Crippen molar-refractivity contribution in [1.29, 1.82) is 0 Å². The van der Waals surface area contributed by atoms with Crippen molar-refractivity contribution in [1.82, 2.24) is 15.0 Å². The first kappa shape index (κ1) is 15.1. The molecule has 3 nitrogen and oxygen atoms in total. The van der Waals surface area contributed by atoms with E-state index in [0.717, 1.165) is 27.5 Å². The van der Waals surface area contributed by atoms with E-state index in [1.165, 1.54) is 0 Å². The largest absolute Gasteiger partial charge is 0.227 e. The van der Waals surface area contributed by atoms with Gasteiger partial charge in [0, 0.05) is 5.56 Å². The minimum atomic E-state index is 0.0845. The van der Waals surface area contributed by atoms with E-state index in [2.05, 4.69) is 39.2 Å². The Labute approximate surface area is 148 Å². The highest BCUT2D eigenvalue weighted by atomic mass is 35.5. The van der Waals surface area contributed by atoms with Crippen LogP contribution in [0.25, 0.3) is 33.3 Å². The van der Waals surface area contributed by atoms with E-state index in [-0.39, 0.29) is 10.6 Å². The van der Waals surface area contributed by atoms with Crippen LogP contribution < -0.4 is 0 Å². The second kappa shape index (κ2) is 6.19. The van der Waals surface area contributed by atoms with E-state index >= 15 is 0 Å². The maximum absolute atomic E-state index is 5.93. The molecule has 0 bridgehead atoms. The molecule has 0 atom stereocenters. The Morgan fingerprint density at radius 1 is 0.542 bits per heavy atom. The highest BCUT2D eigenvalue weighted by Crippen LogP contribution is 2.33. The quantitative estimate of drug-likeness (QED) is 0.467. The maximum atomic E-state index is 5.93. The van der Waals surface area contributed by atoms with Crippen LogP contribution in [0.5, 0.6) is 0 Å². The van der Waals surface area contributed by atoms with Gasteiger partial charge in [0.1, 0.15) is 0 Å². The van der Waals surface area contributed by atoms with Crippen molar-refractivity contribution in [3.05, 3.63) is 77.3 Å². The Morgan fingerprint density at radius 2 is 1.12 bits per heavy atom. The Bertz CT molecular complexity index is 1010. The third-order valence-corrected chi connectivity index (χ3v) is 4.17. The normalized spacial score (nSPS) is 10.9. The third kappa shape index (κ3) is 2.73. The number of halogens is 2. The summed E-state index contributed by atoms with van der Waals surface area (Å²) in [5, 5.41) is 2.33. The molecule has 0 saturated carbocycles. The fraction of sp³-hybridized carbons (Fsp3) is 0. The first-order valence-corrected chi connectivity index (χ1v) is 8.12. The molecule has 116 valence electrons. The minimum absolute atomic E-state index is 0.0845. The molecule has 1 heterocycles. The number of benzene rings is 3. The molecule has 0 N–H and O–H groups in total. The van der Waals surface area contributed by atoms with Crippen molar-refractivity contribution in [2.75, 3.05) is 0 Å². The Hall–Kier alpha value is -2.49. The number of nitrogens with zero attached hydrogens (tertiary/aromatic N) is 3. The first-order chi connectivity index (χ1) is 11.7. The number of aromatic nitrogens is 3. The summed E-state index contributed by atoms with van der Waals surface area (Å²) in [7, 11) is 0. The zero-order chi connectivity index (χ0) is 16.5. The second-order valence-corrected chi connectivity index (χ2v) is 5.95. The van der Waals surface area contributed by atoms with Crippen LogP contribution in [0.2, 0.25) is 10.6 Å². The average molecular weight is 352 g/mol. The molecule has 0 saturated heterocycles.